The van der Waals surface area contributed by atoms with Crippen LogP contribution >= 0.6 is 23.2 Å². The van der Waals surface area contributed by atoms with Crippen LogP contribution in [-0.4, -0.2) is 27.9 Å². The third-order valence-electron chi connectivity index (χ3n) is 3.82. The molecule has 0 saturated carbocycles. The fourth-order valence-electron chi connectivity index (χ4n) is 2.48. The largest absolute Gasteiger partial charge is 0.336 e. The van der Waals surface area contributed by atoms with Gasteiger partial charge < -0.3 is 0 Å². The second-order valence-corrected chi connectivity index (χ2v) is 8.61. The first-order valence-corrected chi connectivity index (χ1v) is 10.4. The lowest BCUT2D eigenvalue weighted by molar-refractivity contribution is 0.488. The van der Waals surface area contributed by atoms with Crippen molar-refractivity contribution in [3.05, 3.63) is 85.0 Å². The van der Waals surface area contributed by atoms with E-state index in [0.29, 0.717) is 4.57 Å². The highest BCUT2D eigenvalue weighted by molar-refractivity contribution is 7.91. The average Bonchev–Trinajstić information content (AvgIpc) is 2.64. The van der Waals surface area contributed by atoms with Gasteiger partial charge in [0.25, 0.3) is 0 Å². The van der Waals surface area contributed by atoms with Crippen molar-refractivity contribution in [2.24, 2.45) is 0 Å². The molecule has 0 saturated heterocycles. The van der Waals surface area contributed by atoms with Gasteiger partial charge in [-0.15, -0.1) is 13.2 Å². The van der Waals surface area contributed by atoms with E-state index < -0.39 is 39.2 Å². The summed E-state index contributed by atoms with van der Waals surface area (Å²) in [5.74, 6) is -0.595. The summed E-state index contributed by atoms with van der Waals surface area (Å²) in [6.07, 6.45) is 2.64. The standard InChI is InChI=1S/C17H17Cl2N3O5S/c1-3-7-20-15(23)21(8-4-2)17(25)22(16(20)24)9-10-28(26,27)14-11-12(18)5-6-13(14)19/h3-6,11H,1-2,7-10H2. The minimum absolute atomic E-state index is 0.0301. The van der Waals surface area contributed by atoms with Crippen molar-refractivity contribution in [1.82, 2.24) is 13.7 Å². The van der Waals surface area contributed by atoms with Crippen LogP contribution in [0.5, 0.6) is 0 Å². The average molecular weight is 446 g/mol. The molecule has 0 bridgehead atoms. The SMILES string of the molecule is C=CCn1c(=O)n(CC=C)c(=O)n(CCS(=O)(=O)c2cc(Cl)ccc2Cl)c1=O. The molecule has 0 radical (unpaired) electrons. The second-order valence-electron chi connectivity index (χ2n) is 5.69. The highest BCUT2D eigenvalue weighted by Gasteiger charge is 2.21. The predicted molar refractivity (Wildman–Crippen MR) is 108 cm³/mol. The van der Waals surface area contributed by atoms with Gasteiger partial charge in [0.2, 0.25) is 0 Å². The van der Waals surface area contributed by atoms with E-state index in [1.807, 2.05) is 0 Å². The third-order valence-corrected chi connectivity index (χ3v) is 6.23. The molecule has 0 aliphatic rings. The van der Waals surface area contributed by atoms with Crippen molar-refractivity contribution in [2.45, 2.75) is 24.5 Å². The lowest BCUT2D eigenvalue weighted by Crippen LogP contribution is -2.54. The van der Waals surface area contributed by atoms with Crippen molar-refractivity contribution in [1.29, 1.82) is 0 Å². The summed E-state index contributed by atoms with van der Waals surface area (Å²) in [5.41, 5.74) is -2.68. The van der Waals surface area contributed by atoms with Crippen LogP contribution in [-0.2, 0) is 29.5 Å². The van der Waals surface area contributed by atoms with Gasteiger partial charge in [0.05, 0.1) is 28.8 Å². The summed E-state index contributed by atoms with van der Waals surface area (Å²) in [7, 11) is -3.96. The van der Waals surface area contributed by atoms with Crippen LogP contribution in [0.25, 0.3) is 0 Å². The Bertz CT molecular complexity index is 1160. The molecule has 0 aliphatic carbocycles. The first kappa shape index (κ1) is 21.9. The molecule has 150 valence electrons. The van der Waals surface area contributed by atoms with Gasteiger partial charge in [-0.05, 0) is 18.2 Å². The Hall–Kier alpha value is -2.36. The van der Waals surface area contributed by atoms with Crippen LogP contribution in [0, 0.1) is 0 Å². The van der Waals surface area contributed by atoms with Gasteiger partial charge in [0.1, 0.15) is 0 Å². The number of benzene rings is 1. The first-order chi connectivity index (χ1) is 13.1. The topological polar surface area (TPSA) is 100 Å². The fraction of sp³-hybridized carbons (Fsp3) is 0.235. The van der Waals surface area contributed by atoms with Crippen molar-refractivity contribution in [3.8, 4) is 0 Å². The lowest BCUT2D eigenvalue weighted by Gasteiger charge is -2.13. The Kier molecular flexibility index (Phi) is 6.87. The minimum Gasteiger partial charge on any atom is -0.247 e. The maximum atomic E-state index is 12.6. The Morgan fingerprint density at radius 2 is 1.39 bits per heavy atom. The Morgan fingerprint density at radius 1 is 0.893 bits per heavy atom. The number of nitrogens with zero attached hydrogens (tertiary/aromatic N) is 3. The molecule has 0 aliphatic heterocycles. The normalized spacial score (nSPS) is 11.4. The monoisotopic (exact) mass is 445 g/mol. The van der Waals surface area contributed by atoms with Gasteiger partial charge in [-0.1, -0.05) is 35.4 Å². The lowest BCUT2D eigenvalue weighted by atomic mass is 10.4. The molecule has 11 heteroatoms. The van der Waals surface area contributed by atoms with Crippen molar-refractivity contribution in [3.63, 3.8) is 0 Å². The quantitative estimate of drug-likeness (QED) is 0.570. The van der Waals surface area contributed by atoms with Gasteiger partial charge in [0.15, 0.2) is 9.84 Å². The summed E-state index contributed by atoms with van der Waals surface area (Å²) in [6, 6.07) is 3.97. The Balaban J connectivity index is 2.54. The summed E-state index contributed by atoms with van der Waals surface area (Å²) < 4.78 is 27.5. The zero-order chi connectivity index (χ0) is 21.1. The molecule has 0 amide bonds. The highest BCUT2D eigenvalue weighted by atomic mass is 35.5. The van der Waals surface area contributed by atoms with Crippen molar-refractivity contribution < 1.29 is 8.42 Å². The highest BCUT2D eigenvalue weighted by Crippen LogP contribution is 2.25. The number of rotatable bonds is 8. The van der Waals surface area contributed by atoms with E-state index in [4.69, 9.17) is 23.2 Å². The van der Waals surface area contributed by atoms with E-state index in [1.165, 1.54) is 30.4 Å². The number of allylic oxidation sites excluding steroid dienone is 2. The van der Waals surface area contributed by atoms with E-state index in [-0.39, 0.29) is 28.0 Å². The van der Waals surface area contributed by atoms with Crippen LogP contribution in [0.3, 0.4) is 0 Å². The van der Waals surface area contributed by atoms with E-state index in [0.717, 1.165) is 9.13 Å². The number of hydrogen-bond donors (Lipinski definition) is 0. The number of halogens is 2. The molecule has 2 aromatic rings. The van der Waals surface area contributed by atoms with Crippen molar-refractivity contribution in [2.75, 3.05) is 5.75 Å². The van der Waals surface area contributed by atoms with Gasteiger partial charge >= 0.3 is 17.1 Å². The molecule has 8 nitrogen and oxygen atoms in total. The second kappa shape index (κ2) is 8.76. The van der Waals surface area contributed by atoms with Gasteiger partial charge in [0, 0.05) is 11.6 Å². The molecular formula is C17H17Cl2N3O5S. The first-order valence-electron chi connectivity index (χ1n) is 7.98. The van der Waals surface area contributed by atoms with Gasteiger partial charge in [-0.25, -0.2) is 36.5 Å². The minimum atomic E-state index is -3.96. The number of aromatic nitrogens is 3. The molecule has 0 spiro atoms. The Labute approximate surface area is 170 Å². The number of hydrogen-bond acceptors (Lipinski definition) is 5. The molecule has 0 N–H and O–H groups in total. The predicted octanol–water partition coefficient (Wildman–Crippen LogP) is 1.32. The molecular weight excluding hydrogens is 429 g/mol. The molecule has 1 aromatic heterocycles. The van der Waals surface area contributed by atoms with Crippen LogP contribution in [0.1, 0.15) is 0 Å². The van der Waals surface area contributed by atoms with Crippen LogP contribution in [0.15, 0.2) is 62.8 Å². The molecule has 0 atom stereocenters. The van der Waals surface area contributed by atoms with E-state index in [2.05, 4.69) is 13.2 Å². The van der Waals surface area contributed by atoms with Crippen molar-refractivity contribution >= 4 is 33.0 Å². The summed E-state index contributed by atoms with van der Waals surface area (Å²) in [6.45, 7) is 6.19. The zero-order valence-corrected chi connectivity index (χ0v) is 17.0. The van der Waals surface area contributed by atoms with Crippen LogP contribution in [0.2, 0.25) is 10.0 Å². The summed E-state index contributed by atoms with van der Waals surface area (Å²) in [5, 5.41) is 0.144. The smallest absolute Gasteiger partial charge is 0.247 e. The van der Waals surface area contributed by atoms with E-state index >= 15 is 0 Å². The molecule has 28 heavy (non-hydrogen) atoms. The molecule has 2 rings (SSSR count). The molecule has 0 unspecified atom stereocenters. The molecule has 1 heterocycles. The maximum Gasteiger partial charge on any atom is 0.336 e. The van der Waals surface area contributed by atoms with Gasteiger partial charge in [-0.3, -0.25) is 0 Å². The summed E-state index contributed by atoms with van der Waals surface area (Å²) >= 11 is 11.8. The Morgan fingerprint density at radius 3 is 1.89 bits per heavy atom. The maximum absolute atomic E-state index is 12.6. The van der Waals surface area contributed by atoms with E-state index in [1.54, 1.807) is 0 Å². The molecule has 1 aromatic carbocycles. The van der Waals surface area contributed by atoms with Gasteiger partial charge in [-0.2, -0.15) is 0 Å². The zero-order valence-electron chi connectivity index (χ0n) is 14.7. The number of sulfone groups is 1. The van der Waals surface area contributed by atoms with E-state index in [9.17, 15) is 22.8 Å². The molecule has 0 fully saturated rings. The third kappa shape index (κ3) is 4.37. The fourth-order valence-corrected chi connectivity index (χ4v) is 4.50. The van der Waals surface area contributed by atoms with Crippen LogP contribution < -0.4 is 17.1 Å². The summed E-state index contributed by atoms with van der Waals surface area (Å²) in [4.78, 5) is 37.2. The van der Waals surface area contributed by atoms with Crippen LogP contribution in [0.4, 0.5) is 0 Å².